The molecule has 98 valence electrons. The Bertz CT molecular complexity index is 802. The fourth-order valence-corrected chi connectivity index (χ4v) is 2.04. The molecule has 0 radical (unpaired) electrons. The second kappa shape index (κ2) is 5.06. The Morgan fingerprint density at radius 2 is 2.05 bits per heavy atom. The van der Waals surface area contributed by atoms with Crippen LogP contribution in [0.2, 0.25) is 0 Å². The van der Waals surface area contributed by atoms with Crippen LogP contribution in [0.5, 0.6) is 5.75 Å². The summed E-state index contributed by atoms with van der Waals surface area (Å²) in [4.78, 5) is 3.11. The number of nitriles is 1. The molecule has 0 saturated carbocycles. The van der Waals surface area contributed by atoms with Crippen LogP contribution in [0.4, 0.5) is 4.39 Å². The molecule has 1 N–H and O–H groups in total. The largest absolute Gasteiger partial charge is 0.489 e. The van der Waals surface area contributed by atoms with Gasteiger partial charge in [0.25, 0.3) is 0 Å². The number of aromatic nitrogens is 1. The molecular formula is C16H11FN2O. The molecule has 20 heavy (non-hydrogen) atoms. The first-order chi connectivity index (χ1) is 9.76. The van der Waals surface area contributed by atoms with Gasteiger partial charge in [-0.15, -0.1) is 0 Å². The van der Waals surface area contributed by atoms with Gasteiger partial charge in [-0.1, -0.05) is 6.07 Å². The quantitative estimate of drug-likeness (QED) is 0.784. The Morgan fingerprint density at radius 1 is 1.15 bits per heavy atom. The highest BCUT2D eigenvalue weighted by Crippen LogP contribution is 2.21. The Balaban J connectivity index is 1.77. The molecule has 4 heteroatoms. The van der Waals surface area contributed by atoms with Gasteiger partial charge in [0.1, 0.15) is 24.2 Å². The summed E-state index contributed by atoms with van der Waals surface area (Å²) < 4.78 is 18.9. The Morgan fingerprint density at radius 3 is 2.90 bits per heavy atom. The molecule has 3 rings (SSSR count). The zero-order valence-electron chi connectivity index (χ0n) is 10.6. The maximum Gasteiger partial charge on any atom is 0.140 e. The number of H-pyrrole nitrogens is 1. The summed E-state index contributed by atoms with van der Waals surface area (Å²) in [5.74, 6) is 0.227. The molecule has 1 aromatic heterocycles. The summed E-state index contributed by atoms with van der Waals surface area (Å²) in [6, 6.07) is 13.9. The smallest absolute Gasteiger partial charge is 0.140 e. The van der Waals surface area contributed by atoms with Crippen molar-refractivity contribution in [1.82, 2.24) is 4.98 Å². The van der Waals surface area contributed by atoms with Gasteiger partial charge in [0.2, 0.25) is 0 Å². The summed E-state index contributed by atoms with van der Waals surface area (Å²) in [5.41, 5.74) is 1.84. The lowest BCUT2D eigenvalue weighted by Gasteiger charge is -2.07. The van der Waals surface area contributed by atoms with E-state index in [4.69, 9.17) is 10.00 Å². The van der Waals surface area contributed by atoms with Crippen LogP contribution in [0, 0.1) is 17.1 Å². The van der Waals surface area contributed by atoms with E-state index in [0.29, 0.717) is 6.61 Å². The second-order valence-electron chi connectivity index (χ2n) is 4.44. The molecule has 0 spiro atoms. The minimum absolute atomic E-state index is 0.0344. The van der Waals surface area contributed by atoms with Gasteiger partial charge in [-0.05, 0) is 42.0 Å². The molecule has 0 atom stereocenters. The first-order valence-corrected chi connectivity index (χ1v) is 6.15. The molecule has 0 aliphatic rings. The normalized spacial score (nSPS) is 10.4. The van der Waals surface area contributed by atoms with Crippen molar-refractivity contribution >= 4 is 10.9 Å². The van der Waals surface area contributed by atoms with Crippen molar-refractivity contribution in [3.63, 3.8) is 0 Å². The van der Waals surface area contributed by atoms with Crippen LogP contribution in [-0.2, 0) is 6.61 Å². The molecule has 0 amide bonds. The van der Waals surface area contributed by atoms with Crippen LogP contribution in [-0.4, -0.2) is 4.98 Å². The Labute approximate surface area is 115 Å². The van der Waals surface area contributed by atoms with Gasteiger partial charge in [0, 0.05) is 17.1 Å². The number of rotatable bonds is 3. The highest BCUT2D eigenvalue weighted by atomic mass is 19.1. The van der Waals surface area contributed by atoms with E-state index in [0.717, 1.165) is 22.2 Å². The first kappa shape index (κ1) is 12.2. The summed E-state index contributed by atoms with van der Waals surface area (Å²) in [7, 11) is 0. The maximum absolute atomic E-state index is 13.2. The molecule has 0 aliphatic carbocycles. The summed E-state index contributed by atoms with van der Waals surface area (Å²) in [6.45, 7) is 0.297. The van der Waals surface area contributed by atoms with Crippen LogP contribution in [0.25, 0.3) is 10.9 Å². The molecule has 0 unspecified atom stereocenters. The number of nitrogens with zero attached hydrogens (tertiary/aromatic N) is 1. The van der Waals surface area contributed by atoms with Crippen molar-refractivity contribution in [3.05, 3.63) is 65.6 Å². The molecule has 2 aromatic carbocycles. The SMILES string of the molecule is N#Cc1cc(COc2ccc3[nH]ccc3c2)ccc1F. The number of fused-ring (bicyclic) bond motifs is 1. The number of nitrogens with one attached hydrogen (secondary N) is 1. The zero-order chi connectivity index (χ0) is 13.9. The molecule has 1 heterocycles. The third-order valence-electron chi connectivity index (χ3n) is 3.08. The van der Waals surface area contributed by atoms with Gasteiger partial charge in [-0.25, -0.2) is 4.39 Å². The first-order valence-electron chi connectivity index (χ1n) is 6.15. The van der Waals surface area contributed by atoms with Crippen LogP contribution in [0.3, 0.4) is 0 Å². The fraction of sp³-hybridized carbons (Fsp3) is 0.0625. The van der Waals surface area contributed by atoms with Crippen LogP contribution in [0.1, 0.15) is 11.1 Å². The minimum Gasteiger partial charge on any atom is -0.489 e. The van der Waals surface area contributed by atoms with Gasteiger partial charge in [-0.3, -0.25) is 0 Å². The molecule has 0 bridgehead atoms. The molecule has 0 aliphatic heterocycles. The third-order valence-corrected chi connectivity index (χ3v) is 3.08. The van der Waals surface area contributed by atoms with Crippen molar-refractivity contribution in [2.45, 2.75) is 6.61 Å². The number of halogens is 1. The topological polar surface area (TPSA) is 48.8 Å². The molecule has 3 nitrogen and oxygen atoms in total. The lowest BCUT2D eigenvalue weighted by Crippen LogP contribution is -1.97. The fourth-order valence-electron chi connectivity index (χ4n) is 2.04. The predicted octanol–water partition coefficient (Wildman–Crippen LogP) is 3.76. The van der Waals surface area contributed by atoms with Gasteiger partial charge in [0.15, 0.2) is 0 Å². The van der Waals surface area contributed by atoms with E-state index in [1.165, 1.54) is 12.1 Å². The van der Waals surface area contributed by atoms with E-state index in [2.05, 4.69) is 4.98 Å². The number of hydrogen-bond donors (Lipinski definition) is 1. The molecular weight excluding hydrogens is 255 g/mol. The average Bonchev–Trinajstić information content (AvgIpc) is 2.94. The van der Waals surface area contributed by atoms with Crippen LogP contribution in [0.15, 0.2) is 48.7 Å². The van der Waals surface area contributed by atoms with Crippen molar-refractivity contribution in [1.29, 1.82) is 5.26 Å². The number of aromatic amines is 1. The summed E-state index contributed by atoms with van der Waals surface area (Å²) in [5, 5.41) is 9.86. The van der Waals surface area contributed by atoms with E-state index in [9.17, 15) is 4.39 Å². The van der Waals surface area contributed by atoms with Crippen molar-refractivity contribution in [2.24, 2.45) is 0 Å². The highest BCUT2D eigenvalue weighted by molar-refractivity contribution is 5.80. The summed E-state index contributed by atoms with van der Waals surface area (Å²) in [6.07, 6.45) is 1.87. The second-order valence-corrected chi connectivity index (χ2v) is 4.44. The third kappa shape index (κ3) is 2.34. The standard InChI is InChI=1S/C16H11FN2O/c17-15-3-1-11(7-13(15)9-18)10-20-14-2-4-16-12(8-14)5-6-19-16/h1-8,19H,10H2. The van der Waals surface area contributed by atoms with Gasteiger partial charge in [0.05, 0.1) is 5.56 Å². The van der Waals surface area contributed by atoms with Crippen LogP contribution >= 0.6 is 0 Å². The lowest BCUT2D eigenvalue weighted by atomic mass is 10.1. The Kier molecular flexibility index (Phi) is 3.10. The van der Waals surface area contributed by atoms with Gasteiger partial charge < -0.3 is 9.72 Å². The van der Waals surface area contributed by atoms with Crippen molar-refractivity contribution in [2.75, 3.05) is 0 Å². The van der Waals surface area contributed by atoms with E-state index in [1.54, 1.807) is 6.07 Å². The molecule has 3 aromatic rings. The summed E-state index contributed by atoms with van der Waals surface area (Å²) >= 11 is 0. The van der Waals surface area contributed by atoms with E-state index >= 15 is 0 Å². The predicted molar refractivity (Wildman–Crippen MR) is 73.7 cm³/mol. The average molecular weight is 266 g/mol. The maximum atomic E-state index is 13.2. The highest BCUT2D eigenvalue weighted by Gasteiger charge is 2.04. The van der Waals surface area contributed by atoms with E-state index < -0.39 is 5.82 Å². The zero-order valence-corrected chi connectivity index (χ0v) is 10.6. The van der Waals surface area contributed by atoms with E-state index in [1.807, 2.05) is 36.5 Å². The number of benzene rings is 2. The van der Waals surface area contributed by atoms with Crippen molar-refractivity contribution < 1.29 is 9.13 Å². The minimum atomic E-state index is -0.509. The van der Waals surface area contributed by atoms with Crippen LogP contribution < -0.4 is 4.74 Å². The molecule has 0 fully saturated rings. The van der Waals surface area contributed by atoms with Crippen molar-refractivity contribution in [3.8, 4) is 11.8 Å². The molecule has 0 saturated heterocycles. The van der Waals surface area contributed by atoms with Gasteiger partial charge in [-0.2, -0.15) is 5.26 Å². The number of hydrogen-bond acceptors (Lipinski definition) is 2. The van der Waals surface area contributed by atoms with E-state index in [-0.39, 0.29) is 5.56 Å². The Hall–Kier alpha value is -2.80. The number of ether oxygens (including phenoxy) is 1. The lowest BCUT2D eigenvalue weighted by molar-refractivity contribution is 0.306. The monoisotopic (exact) mass is 266 g/mol. The van der Waals surface area contributed by atoms with Gasteiger partial charge >= 0.3 is 0 Å².